The molecule has 5 aliphatic rings. The van der Waals surface area contributed by atoms with Gasteiger partial charge in [0.25, 0.3) is 0 Å². The van der Waals surface area contributed by atoms with E-state index >= 15 is 0 Å². The fourth-order valence-corrected chi connectivity index (χ4v) is 14.5. The van der Waals surface area contributed by atoms with Gasteiger partial charge in [0, 0.05) is 12.0 Å². The first-order valence-corrected chi connectivity index (χ1v) is 20.3. The van der Waals surface area contributed by atoms with Crippen molar-refractivity contribution in [2.45, 2.75) is 138 Å². The van der Waals surface area contributed by atoms with Gasteiger partial charge in [-0.25, -0.2) is 17.9 Å². The zero-order valence-electron chi connectivity index (χ0n) is 29.7. The smallest absolute Gasteiger partial charge is 0.328 e. The zero-order chi connectivity index (χ0) is 33.9. The standard InChI is InChI=1S/C37H64N2O6S/c1-8-24-12-18-37(21-40,34(24,4)5)22-46(44,45)39-33(43)38-19-15-23(3)27-10-11-28-31-29(14-17-35(27,28)6)36(7)16-13-25(41)20-30(36)26(9-2)32(31)42/h21,23-32,41-42H,8-20,22H2,1-7H3,(H2,38,39,43)/t23-,24?,25-,26-,27-,28+,29+,30+,31+,32-,35-,36-,37-/m1/s1. The molecule has 0 saturated heterocycles. The minimum Gasteiger partial charge on any atom is -0.393 e. The van der Waals surface area contributed by atoms with Crippen LogP contribution in [0.15, 0.2) is 0 Å². The number of hydrogen-bond donors (Lipinski definition) is 4. The van der Waals surface area contributed by atoms with E-state index in [2.05, 4.69) is 44.7 Å². The molecule has 0 spiro atoms. The minimum absolute atomic E-state index is 0.135. The summed E-state index contributed by atoms with van der Waals surface area (Å²) >= 11 is 0. The topological polar surface area (TPSA) is 133 Å². The number of aliphatic hydroxyl groups excluding tert-OH is 2. The summed E-state index contributed by atoms with van der Waals surface area (Å²) in [5, 5.41) is 25.3. The van der Waals surface area contributed by atoms with Gasteiger partial charge in [-0.2, -0.15) is 0 Å². The van der Waals surface area contributed by atoms with E-state index < -0.39 is 26.9 Å². The number of aldehydes is 1. The highest BCUT2D eigenvalue weighted by molar-refractivity contribution is 7.90. The molecule has 5 aliphatic carbocycles. The van der Waals surface area contributed by atoms with Gasteiger partial charge in [-0.15, -0.1) is 0 Å². The molecule has 5 saturated carbocycles. The zero-order valence-corrected chi connectivity index (χ0v) is 30.5. The van der Waals surface area contributed by atoms with Crippen LogP contribution in [0.5, 0.6) is 0 Å². The predicted octanol–water partition coefficient (Wildman–Crippen LogP) is 6.30. The fraction of sp³-hybridized carbons (Fsp3) is 0.946. The molecule has 0 radical (unpaired) electrons. The predicted molar refractivity (Wildman–Crippen MR) is 181 cm³/mol. The Kier molecular flexibility index (Phi) is 10.1. The summed E-state index contributed by atoms with van der Waals surface area (Å²) in [5.41, 5.74) is -1.14. The average Bonchev–Trinajstić information content (AvgIpc) is 3.46. The van der Waals surface area contributed by atoms with Crippen LogP contribution in [0.1, 0.15) is 126 Å². The summed E-state index contributed by atoms with van der Waals surface area (Å²) in [7, 11) is -4.00. The van der Waals surface area contributed by atoms with Crippen molar-refractivity contribution in [1.82, 2.24) is 10.0 Å². The second-order valence-electron chi connectivity index (χ2n) is 17.6. The number of carbonyl (C=O) groups excluding carboxylic acids is 2. The summed E-state index contributed by atoms with van der Waals surface area (Å²) in [6.45, 7) is 15.8. The molecule has 0 heterocycles. The first-order valence-electron chi connectivity index (χ1n) is 18.6. The molecule has 0 aromatic heterocycles. The van der Waals surface area contributed by atoms with Gasteiger partial charge in [-0.1, -0.05) is 61.3 Å². The van der Waals surface area contributed by atoms with E-state index in [1.54, 1.807) is 0 Å². The molecule has 1 unspecified atom stereocenters. The number of hydrogen-bond acceptors (Lipinski definition) is 6. The maximum Gasteiger partial charge on any atom is 0.328 e. The third-order valence-corrected chi connectivity index (χ3v) is 17.1. The molecule has 5 rings (SSSR count). The van der Waals surface area contributed by atoms with Crippen molar-refractivity contribution in [3.63, 3.8) is 0 Å². The normalized spacial score (nSPS) is 45.6. The fourth-order valence-electron chi connectivity index (χ4n) is 12.8. The number of sulfonamides is 1. The number of rotatable bonds is 10. The summed E-state index contributed by atoms with van der Waals surface area (Å²) < 4.78 is 28.4. The Bertz CT molecular complexity index is 1240. The molecule has 0 aromatic rings. The van der Waals surface area contributed by atoms with E-state index in [4.69, 9.17) is 0 Å². The molecule has 9 heteroatoms. The molecule has 264 valence electrons. The maximum atomic E-state index is 13.1. The average molecular weight is 665 g/mol. The van der Waals surface area contributed by atoms with Gasteiger partial charge >= 0.3 is 6.03 Å². The molecule has 13 atom stereocenters. The molecule has 0 aromatic carbocycles. The van der Waals surface area contributed by atoms with Crippen molar-refractivity contribution >= 4 is 22.3 Å². The van der Waals surface area contributed by atoms with Gasteiger partial charge in [-0.05, 0) is 128 Å². The van der Waals surface area contributed by atoms with Crippen LogP contribution in [0, 0.1) is 69.0 Å². The summed E-state index contributed by atoms with van der Waals surface area (Å²) in [6, 6.07) is -0.719. The lowest BCUT2D eigenvalue weighted by atomic mass is 9.41. The lowest BCUT2D eigenvalue weighted by molar-refractivity contribution is -0.203. The number of aliphatic hydroxyl groups is 2. The quantitative estimate of drug-likeness (QED) is 0.203. The van der Waals surface area contributed by atoms with Crippen molar-refractivity contribution in [2.24, 2.45) is 69.0 Å². The first-order chi connectivity index (χ1) is 21.5. The van der Waals surface area contributed by atoms with Crippen LogP contribution in [0.3, 0.4) is 0 Å². The van der Waals surface area contributed by atoms with Crippen LogP contribution in [-0.2, 0) is 14.8 Å². The second-order valence-corrected chi connectivity index (χ2v) is 19.4. The summed E-state index contributed by atoms with van der Waals surface area (Å²) in [6.07, 6.45) is 11.5. The third-order valence-electron chi connectivity index (χ3n) is 15.7. The van der Waals surface area contributed by atoms with E-state index in [1.807, 2.05) is 13.8 Å². The van der Waals surface area contributed by atoms with Gasteiger partial charge in [0.05, 0.1) is 18.0 Å². The highest BCUT2D eigenvalue weighted by Crippen LogP contribution is 2.69. The Morgan fingerprint density at radius 3 is 2.22 bits per heavy atom. The van der Waals surface area contributed by atoms with Crippen LogP contribution < -0.4 is 10.0 Å². The number of nitrogens with one attached hydrogen (secondary N) is 2. The largest absolute Gasteiger partial charge is 0.393 e. The molecular formula is C37H64N2O6S. The molecule has 46 heavy (non-hydrogen) atoms. The summed E-state index contributed by atoms with van der Waals surface area (Å²) in [5.74, 6) is 2.66. The number of urea groups is 1. The summed E-state index contributed by atoms with van der Waals surface area (Å²) in [4.78, 5) is 25.1. The highest BCUT2D eigenvalue weighted by atomic mass is 32.2. The van der Waals surface area contributed by atoms with E-state index in [9.17, 15) is 28.2 Å². The van der Waals surface area contributed by atoms with Crippen LogP contribution in [0.25, 0.3) is 0 Å². The van der Waals surface area contributed by atoms with E-state index in [0.29, 0.717) is 48.5 Å². The molecule has 4 N–H and O–H groups in total. The molecule has 0 aliphatic heterocycles. The van der Waals surface area contributed by atoms with E-state index in [-0.39, 0.29) is 40.6 Å². The van der Waals surface area contributed by atoms with Crippen molar-refractivity contribution in [1.29, 1.82) is 0 Å². The number of fused-ring (bicyclic) bond motifs is 5. The Morgan fingerprint density at radius 1 is 0.913 bits per heavy atom. The Balaban J connectivity index is 1.18. The Morgan fingerprint density at radius 2 is 1.59 bits per heavy atom. The van der Waals surface area contributed by atoms with Crippen LogP contribution in [0.2, 0.25) is 0 Å². The van der Waals surface area contributed by atoms with Gasteiger partial charge in [0.15, 0.2) is 0 Å². The van der Waals surface area contributed by atoms with E-state index in [0.717, 1.165) is 76.9 Å². The lowest BCUT2D eigenvalue weighted by Gasteiger charge is -2.64. The van der Waals surface area contributed by atoms with Crippen LogP contribution in [0.4, 0.5) is 4.79 Å². The number of amides is 2. The van der Waals surface area contributed by atoms with Crippen LogP contribution in [-0.4, -0.2) is 55.5 Å². The van der Waals surface area contributed by atoms with Gasteiger partial charge in [-0.3, -0.25) is 0 Å². The van der Waals surface area contributed by atoms with Gasteiger partial charge in [0.1, 0.15) is 6.29 Å². The van der Waals surface area contributed by atoms with Crippen molar-refractivity contribution in [2.75, 3.05) is 12.3 Å². The van der Waals surface area contributed by atoms with Crippen LogP contribution >= 0.6 is 0 Å². The van der Waals surface area contributed by atoms with E-state index in [1.165, 1.54) is 0 Å². The van der Waals surface area contributed by atoms with Crippen molar-refractivity contribution < 1.29 is 28.2 Å². The Hall–Kier alpha value is -1.19. The van der Waals surface area contributed by atoms with Crippen molar-refractivity contribution in [3.8, 4) is 0 Å². The molecule has 2 amide bonds. The maximum absolute atomic E-state index is 13.1. The number of carbonyl (C=O) groups is 2. The molecule has 8 nitrogen and oxygen atoms in total. The monoisotopic (exact) mass is 664 g/mol. The second kappa shape index (κ2) is 12.9. The molecule has 0 bridgehead atoms. The molecule has 5 fully saturated rings. The van der Waals surface area contributed by atoms with Gasteiger partial charge < -0.3 is 20.3 Å². The SMILES string of the molecule is CCC1CC[C@@](C=O)(CS(=O)(=O)NC(=O)NCC[C@@H](C)[C@H]2CC[C@H]3[C@@H]4[C@H](O)[C@H](CC)[C@@H]5C[C@H](O)CC[C@]5(C)[C@H]4CC[C@]23C)C1(C)C. The van der Waals surface area contributed by atoms with Gasteiger partial charge in [0.2, 0.25) is 10.0 Å². The third kappa shape index (κ3) is 5.88. The van der Waals surface area contributed by atoms with Crippen molar-refractivity contribution in [3.05, 3.63) is 0 Å². The lowest BCUT2D eigenvalue weighted by Crippen LogP contribution is -2.62. The molecular weight excluding hydrogens is 600 g/mol. The Labute approximate surface area is 279 Å². The highest BCUT2D eigenvalue weighted by Gasteiger charge is 2.65. The minimum atomic E-state index is -4.00. The first kappa shape index (κ1) is 36.1.